The predicted octanol–water partition coefficient (Wildman–Crippen LogP) is -1.46. The second-order valence-electron chi connectivity index (χ2n) is 4.19. The number of benzene rings is 2. The molecule has 110 valence electrons. The van der Waals surface area contributed by atoms with Gasteiger partial charge in [0.05, 0.1) is 17.6 Å². The summed E-state index contributed by atoms with van der Waals surface area (Å²) in [4.78, 5) is 11.7. The van der Waals surface area contributed by atoms with E-state index < -0.39 is 20.8 Å². The van der Waals surface area contributed by atoms with E-state index in [9.17, 15) is 22.9 Å². The van der Waals surface area contributed by atoms with E-state index >= 15 is 0 Å². The molecule has 0 aliphatic carbocycles. The Kier molecular flexibility index (Phi) is 6.16. The van der Waals surface area contributed by atoms with Gasteiger partial charge in [-0.2, -0.15) is 0 Å². The van der Waals surface area contributed by atoms with Crippen LogP contribution in [0.1, 0.15) is 15.9 Å². The molecule has 0 heterocycles. The molecule has 0 bridgehead atoms. The molecule has 0 fully saturated rings. The standard InChI is InChI=1S/C14H12O6S.Na/c1-20-10-5-6-12(13(15)8-10)14(16)9-3-2-4-11(7-9)21(17,18)19;/h2-8,15H,1H3,(H,17,18,19);/q;+1/p-1. The van der Waals surface area contributed by atoms with E-state index in [1.165, 1.54) is 37.4 Å². The molecule has 0 aliphatic rings. The number of methoxy groups -OCH3 is 1. The predicted molar refractivity (Wildman–Crippen MR) is 72.5 cm³/mol. The second-order valence-corrected chi connectivity index (χ2v) is 5.57. The van der Waals surface area contributed by atoms with Crippen molar-refractivity contribution >= 4 is 15.9 Å². The molecule has 0 saturated heterocycles. The summed E-state index contributed by atoms with van der Waals surface area (Å²) in [6, 6.07) is 8.85. The van der Waals surface area contributed by atoms with E-state index in [0.29, 0.717) is 5.75 Å². The number of phenols is 1. The Hall–Kier alpha value is -1.38. The Morgan fingerprint density at radius 1 is 1.18 bits per heavy atom. The molecule has 0 saturated carbocycles. The smallest absolute Gasteiger partial charge is 0.744 e. The van der Waals surface area contributed by atoms with Crippen molar-refractivity contribution in [3.8, 4) is 11.5 Å². The van der Waals surface area contributed by atoms with Crippen molar-refractivity contribution in [2.24, 2.45) is 0 Å². The molecule has 22 heavy (non-hydrogen) atoms. The summed E-state index contributed by atoms with van der Waals surface area (Å²) in [6.07, 6.45) is 0. The van der Waals surface area contributed by atoms with Gasteiger partial charge in [-0.05, 0) is 24.3 Å². The molecule has 0 aliphatic heterocycles. The minimum absolute atomic E-state index is 0. The summed E-state index contributed by atoms with van der Waals surface area (Å²) in [6.45, 7) is 0. The summed E-state index contributed by atoms with van der Waals surface area (Å²) in [5.74, 6) is -0.518. The number of aromatic hydroxyl groups is 1. The van der Waals surface area contributed by atoms with E-state index in [4.69, 9.17) is 4.74 Å². The van der Waals surface area contributed by atoms with Gasteiger partial charge in [-0.3, -0.25) is 4.79 Å². The molecule has 2 rings (SSSR count). The Labute approximate surface area is 149 Å². The summed E-state index contributed by atoms with van der Waals surface area (Å²) in [5, 5.41) is 9.80. The molecule has 0 atom stereocenters. The molecule has 1 N–H and O–H groups in total. The number of carbonyl (C=O) groups excluding carboxylic acids is 1. The maximum absolute atomic E-state index is 12.2. The molecule has 2 aromatic rings. The molecular weight excluding hydrogens is 319 g/mol. The number of carbonyl (C=O) groups is 1. The molecule has 0 aromatic heterocycles. The SMILES string of the molecule is COc1ccc(C(=O)c2cccc(S(=O)(=O)[O-])c2)c(O)c1.[Na+]. The van der Waals surface area contributed by atoms with Gasteiger partial charge in [-0.25, -0.2) is 8.42 Å². The van der Waals surface area contributed by atoms with Crippen LogP contribution in [0.15, 0.2) is 47.4 Å². The third-order valence-corrected chi connectivity index (χ3v) is 3.67. The van der Waals surface area contributed by atoms with Crippen LogP contribution < -0.4 is 34.3 Å². The summed E-state index contributed by atoms with van der Waals surface area (Å²) in [5.41, 5.74) is -0.0244. The van der Waals surface area contributed by atoms with Gasteiger partial charge in [-0.15, -0.1) is 0 Å². The molecule has 6 nitrogen and oxygen atoms in total. The van der Waals surface area contributed by atoms with Crippen molar-refractivity contribution in [3.63, 3.8) is 0 Å². The van der Waals surface area contributed by atoms with Gasteiger partial charge in [-0.1, -0.05) is 12.1 Å². The minimum Gasteiger partial charge on any atom is -0.744 e. The zero-order valence-electron chi connectivity index (χ0n) is 11.9. The Balaban J connectivity index is 0.00000242. The van der Waals surface area contributed by atoms with E-state index in [-0.39, 0.29) is 46.4 Å². The second kappa shape index (κ2) is 7.26. The van der Waals surface area contributed by atoms with Crippen molar-refractivity contribution in [1.29, 1.82) is 0 Å². The molecule has 0 amide bonds. The average Bonchev–Trinajstić information content (AvgIpc) is 2.45. The fraction of sp³-hybridized carbons (Fsp3) is 0.0714. The first-order chi connectivity index (χ1) is 9.82. The minimum atomic E-state index is -4.65. The first-order valence-electron chi connectivity index (χ1n) is 5.80. The van der Waals surface area contributed by atoms with Gasteiger partial charge >= 0.3 is 29.6 Å². The van der Waals surface area contributed by atoms with Gasteiger partial charge in [0.1, 0.15) is 21.6 Å². The van der Waals surface area contributed by atoms with Crippen LogP contribution >= 0.6 is 0 Å². The van der Waals surface area contributed by atoms with Crippen LogP contribution in [0.25, 0.3) is 0 Å². The molecule has 2 aromatic carbocycles. The molecule has 8 heteroatoms. The number of ketones is 1. The summed E-state index contributed by atoms with van der Waals surface area (Å²) < 4.78 is 37.8. The van der Waals surface area contributed by atoms with E-state index in [1.807, 2.05) is 0 Å². The largest absolute Gasteiger partial charge is 1.00 e. The average molecular weight is 330 g/mol. The van der Waals surface area contributed by atoms with Crippen molar-refractivity contribution in [2.45, 2.75) is 4.90 Å². The van der Waals surface area contributed by atoms with E-state index in [2.05, 4.69) is 0 Å². The van der Waals surface area contributed by atoms with Crippen molar-refractivity contribution < 1.29 is 57.2 Å². The number of phenolic OH excluding ortho intramolecular Hbond substituents is 1. The topological polar surface area (TPSA) is 104 Å². The van der Waals surface area contributed by atoms with Crippen LogP contribution in [0.5, 0.6) is 11.5 Å². The van der Waals surface area contributed by atoms with Crippen LogP contribution in [0, 0.1) is 0 Å². The third-order valence-electron chi connectivity index (χ3n) is 2.83. The van der Waals surface area contributed by atoms with Gasteiger partial charge in [0, 0.05) is 11.6 Å². The first-order valence-corrected chi connectivity index (χ1v) is 7.21. The fourth-order valence-electron chi connectivity index (χ4n) is 1.78. The van der Waals surface area contributed by atoms with Crippen molar-refractivity contribution in [1.82, 2.24) is 0 Å². The molecule has 0 unspecified atom stereocenters. The van der Waals surface area contributed by atoms with Crippen LogP contribution in [0.3, 0.4) is 0 Å². The maximum atomic E-state index is 12.2. The first kappa shape index (κ1) is 18.7. The third kappa shape index (κ3) is 4.08. The molecular formula is C14H11NaO6S. The van der Waals surface area contributed by atoms with Crippen molar-refractivity contribution in [3.05, 3.63) is 53.6 Å². The van der Waals surface area contributed by atoms with Crippen LogP contribution in [0.2, 0.25) is 0 Å². The number of rotatable bonds is 4. The van der Waals surface area contributed by atoms with Gasteiger partial charge < -0.3 is 14.4 Å². The maximum Gasteiger partial charge on any atom is 1.00 e. The Bertz CT molecular complexity index is 801. The van der Waals surface area contributed by atoms with E-state index in [1.54, 1.807) is 0 Å². The fourth-order valence-corrected chi connectivity index (χ4v) is 2.30. The van der Waals surface area contributed by atoms with Gasteiger partial charge in [0.25, 0.3) is 0 Å². The summed E-state index contributed by atoms with van der Waals surface area (Å²) >= 11 is 0. The molecule has 0 spiro atoms. The number of hydrogen-bond donors (Lipinski definition) is 1. The molecule has 0 radical (unpaired) electrons. The zero-order chi connectivity index (χ0) is 15.6. The van der Waals surface area contributed by atoms with E-state index in [0.717, 1.165) is 12.1 Å². The monoisotopic (exact) mass is 330 g/mol. The zero-order valence-corrected chi connectivity index (χ0v) is 14.8. The Morgan fingerprint density at radius 3 is 2.41 bits per heavy atom. The van der Waals surface area contributed by atoms with Crippen LogP contribution in [-0.4, -0.2) is 31.0 Å². The van der Waals surface area contributed by atoms with Crippen LogP contribution in [-0.2, 0) is 10.1 Å². The van der Waals surface area contributed by atoms with Crippen LogP contribution in [0.4, 0.5) is 0 Å². The number of hydrogen-bond acceptors (Lipinski definition) is 6. The van der Waals surface area contributed by atoms with Gasteiger partial charge in [0.2, 0.25) is 0 Å². The van der Waals surface area contributed by atoms with Crippen molar-refractivity contribution in [2.75, 3.05) is 7.11 Å². The number of ether oxygens (including phenoxy) is 1. The van der Waals surface area contributed by atoms with Gasteiger partial charge in [0.15, 0.2) is 5.78 Å². The Morgan fingerprint density at radius 2 is 1.86 bits per heavy atom. The quantitative estimate of drug-likeness (QED) is 0.417. The normalized spacial score (nSPS) is 10.6. The summed E-state index contributed by atoms with van der Waals surface area (Å²) in [7, 11) is -3.23.